The minimum atomic E-state index is -4.91. The van der Waals surface area contributed by atoms with Crippen LogP contribution < -0.4 is 16.2 Å². The highest BCUT2D eigenvalue weighted by Gasteiger charge is 2.60. The number of rotatable bonds is 14. The topological polar surface area (TPSA) is 147 Å². The summed E-state index contributed by atoms with van der Waals surface area (Å²) < 4.78 is 103. The molecule has 1 saturated carbocycles. The maximum Gasteiger partial charge on any atom is 0.435 e. The van der Waals surface area contributed by atoms with Crippen molar-refractivity contribution in [3.8, 4) is 22.4 Å². The summed E-state index contributed by atoms with van der Waals surface area (Å²) in [5, 5.41) is 17.7. The summed E-state index contributed by atoms with van der Waals surface area (Å²) in [7, 11) is 2.98. The average molecular weight is 875 g/mol. The van der Waals surface area contributed by atoms with Gasteiger partial charge in [-0.25, -0.2) is 18.4 Å². The van der Waals surface area contributed by atoms with Crippen LogP contribution >= 0.6 is 11.6 Å². The Kier molecular flexibility index (Phi) is 11.4. The molecule has 0 spiro atoms. The highest BCUT2D eigenvalue weighted by molar-refractivity contribution is 6.18. The van der Waals surface area contributed by atoms with E-state index in [2.05, 4.69) is 30.9 Å². The number of carbonyl (C=O) groups excluding carboxylic acids is 2. The Morgan fingerprint density at radius 1 is 0.967 bits per heavy atom. The predicted octanol–water partition coefficient (Wildman–Crippen LogP) is 6.51. The number of aryl methyl sites for hydroxylation is 2. The molecule has 1 fully saturated rings. The van der Waals surface area contributed by atoms with Gasteiger partial charge in [-0.1, -0.05) is 12.1 Å². The highest BCUT2D eigenvalue weighted by atomic mass is 35.5. The summed E-state index contributed by atoms with van der Waals surface area (Å²) >= 11 is 6.19. The lowest BCUT2D eigenvalue weighted by atomic mass is 9.93. The van der Waals surface area contributed by atoms with Crippen molar-refractivity contribution >= 4 is 34.4 Å². The van der Waals surface area contributed by atoms with E-state index >= 15 is 4.39 Å². The monoisotopic (exact) mass is 874 g/mol. The van der Waals surface area contributed by atoms with Crippen molar-refractivity contribution in [1.82, 2.24) is 49.5 Å². The van der Waals surface area contributed by atoms with Crippen LogP contribution in [0.3, 0.4) is 0 Å². The molecule has 7 rings (SSSR count). The number of pyridine rings is 2. The van der Waals surface area contributed by atoms with E-state index in [1.807, 2.05) is 6.07 Å². The smallest absolute Gasteiger partial charge is 0.348 e. The van der Waals surface area contributed by atoms with Gasteiger partial charge in [0.05, 0.1) is 29.4 Å². The van der Waals surface area contributed by atoms with Crippen molar-refractivity contribution in [2.45, 2.75) is 69.9 Å². The number of hydrogen-bond donors (Lipinski definition) is 2. The molecule has 0 aliphatic heterocycles. The second kappa shape index (κ2) is 16.1. The molecule has 0 saturated heterocycles. The summed E-state index contributed by atoms with van der Waals surface area (Å²) in [6.07, 6.45) is 1.58. The molecule has 0 unspecified atom stereocenters. The minimum Gasteiger partial charge on any atom is -0.348 e. The van der Waals surface area contributed by atoms with E-state index < -0.39 is 76.9 Å². The van der Waals surface area contributed by atoms with Crippen LogP contribution in [0.1, 0.15) is 56.0 Å². The van der Waals surface area contributed by atoms with Crippen LogP contribution in [-0.4, -0.2) is 68.2 Å². The summed E-state index contributed by atoms with van der Waals surface area (Å²) in [5.74, 6) is -3.97. The Labute approximate surface area is 347 Å². The van der Waals surface area contributed by atoms with Crippen molar-refractivity contribution in [2.24, 2.45) is 19.5 Å². The fourth-order valence-electron chi connectivity index (χ4n) is 7.59. The van der Waals surface area contributed by atoms with Crippen LogP contribution in [0.5, 0.6) is 0 Å². The van der Waals surface area contributed by atoms with Gasteiger partial charge in [0.15, 0.2) is 17.2 Å². The molecule has 61 heavy (non-hydrogen) atoms. The lowest BCUT2D eigenvalue weighted by Gasteiger charge is -2.30. The summed E-state index contributed by atoms with van der Waals surface area (Å²) in [6, 6.07) is 6.44. The van der Waals surface area contributed by atoms with Crippen LogP contribution in [-0.2, 0) is 42.8 Å². The number of nitrogens with one attached hydrogen (secondary N) is 2. The fourth-order valence-corrected chi connectivity index (χ4v) is 7.93. The van der Waals surface area contributed by atoms with Gasteiger partial charge in [-0.05, 0) is 67.6 Å². The van der Waals surface area contributed by atoms with Gasteiger partial charge in [-0.15, -0.1) is 11.6 Å². The van der Waals surface area contributed by atoms with Gasteiger partial charge in [0.1, 0.15) is 11.9 Å². The van der Waals surface area contributed by atoms with Crippen LogP contribution in [0.2, 0.25) is 0 Å². The number of fused-ring (bicyclic) bond motifs is 1. The Hall–Kier alpha value is -6.05. The van der Waals surface area contributed by atoms with E-state index in [-0.39, 0.29) is 47.5 Å². The van der Waals surface area contributed by atoms with Gasteiger partial charge in [0, 0.05) is 73.6 Å². The van der Waals surface area contributed by atoms with Crippen molar-refractivity contribution in [1.29, 1.82) is 0 Å². The summed E-state index contributed by atoms with van der Waals surface area (Å²) in [5.41, 5.74) is -3.27. The van der Waals surface area contributed by atoms with E-state index in [4.69, 9.17) is 11.6 Å². The quantitative estimate of drug-likeness (QED) is 0.0938. The summed E-state index contributed by atoms with van der Waals surface area (Å²) in [4.78, 5) is 44.8. The van der Waals surface area contributed by atoms with E-state index in [0.29, 0.717) is 27.5 Å². The van der Waals surface area contributed by atoms with E-state index in [1.54, 1.807) is 36.3 Å². The number of aromatic nitrogens is 8. The molecule has 1 aliphatic carbocycles. The molecule has 5 heterocycles. The molecule has 1 aromatic carbocycles. The molecule has 0 radical (unpaired) electrons. The second-order valence-electron chi connectivity index (χ2n) is 15.8. The zero-order valence-electron chi connectivity index (χ0n) is 32.9. The number of nitrogens with zero attached hydrogens (tertiary/aromatic N) is 8. The zero-order chi connectivity index (χ0) is 44.2. The first-order chi connectivity index (χ1) is 28.7. The third kappa shape index (κ3) is 8.89. The number of halogens is 8. The van der Waals surface area contributed by atoms with Gasteiger partial charge in [0.25, 0.3) is 5.56 Å². The first-order valence-electron chi connectivity index (χ1n) is 18.8. The largest absolute Gasteiger partial charge is 0.435 e. The van der Waals surface area contributed by atoms with Crippen molar-refractivity contribution in [3.63, 3.8) is 0 Å². The normalized spacial score (nSPS) is 17.2. The fraction of sp³-hybridized carbons (Fsp3) is 0.375. The van der Waals surface area contributed by atoms with Crippen LogP contribution in [0.15, 0.2) is 72.2 Å². The number of hydrogen-bond acceptors (Lipinski definition) is 7. The Morgan fingerprint density at radius 2 is 1.70 bits per heavy atom. The SMILES string of the molecule is Cn1cc2cc(-c3ccc([C@H]4C[C@]4(CCCl)C(=O)N[C@H](Cc4cnn(C(F)F)c4)C(=O)NC(C)(C)Cn4nc(C(F)(F)F)cc4-c4cc(F)c(=O)n(C)c4)c(F)c3)cnc2n1. The lowest BCUT2D eigenvalue weighted by molar-refractivity contribution is -0.141. The second-order valence-corrected chi connectivity index (χ2v) is 16.2. The first kappa shape index (κ1) is 43.1. The molecule has 6 aromatic rings. The standard InChI is InChI=1S/C40H38ClF7N10O3/c1-38(2,20-58-31(13-32(53-58)40(46,47)48)24-12-29(43)35(60)55(3)18-24)52-34(59)30(9-21-15-50-57(17-21)37(44)45)51-36(61)39(7-8-41)14-27(39)26-6-5-22(11-28(26)42)23-10-25-19-56(4)54-33(25)49-16-23/h5-6,10-13,15-19,27,30,37H,7-9,14,20H2,1-4H3,(H,51,61)(H,52,59)/t27-,30-,39+/m1/s1. The molecule has 21 heteroatoms. The van der Waals surface area contributed by atoms with Crippen LogP contribution in [0, 0.1) is 17.0 Å². The number of benzene rings is 1. The minimum absolute atomic E-state index is 0.00291. The third-order valence-electron chi connectivity index (χ3n) is 10.7. The first-order valence-corrected chi connectivity index (χ1v) is 19.3. The zero-order valence-corrected chi connectivity index (χ0v) is 33.7. The van der Waals surface area contributed by atoms with E-state index in [1.165, 1.54) is 27.0 Å². The van der Waals surface area contributed by atoms with Gasteiger partial charge in [-0.3, -0.25) is 23.7 Å². The van der Waals surface area contributed by atoms with Crippen molar-refractivity contribution in [2.75, 3.05) is 5.88 Å². The van der Waals surface area contributed by atoms with Gasteiger partial charge >= 0.3 is 12.7 Å². The Bertz CT molecular complexity index is 2680. The molecular formula is C40H38ClF7N10O3. The van der Waals surface area contributed by atoms with Crippen molar-refractivity contribution in [3.05, 3.63) is 106 Å². The summed E-state index contributed by atoms with van der Waals surface area (Å²) in [6.45, 7) is -0.517. The van der Waals surface area contributed by atoms with Gasteiger partial charge in [-0.2, -0.15) is 37.2 Å². The molecule has 2 N–H and O–H groups in total. The predicted molar refractivity (Wildman–Crippen MR) is 208 cm³/mol. The molecule has 1 aliphatic rings. The maximum atomic E-state index is 15.9. The Balaban J connectivity index is 1.14. The molecule has 0 bridgehead atoms. The van der Waals surface area contributed by atoms with Crippen LogP contribution in [0.25, 0.3) is 33.4 Å². The highest BCUT2D eigenvalue weighted by Crippen LogP contribution is 2.62. The van der Waals surface area contributed by atoms with Gasteiger partial charge in [0.2, 0.25) is 11.8 Å². The number of carbonyl (C=O) groups is 2. The maximum absolute atomic E-state index is 15.9. The van der Waals surface area contributed by atoms with Gasteiger partial charge < -0.3 is 15.2 Å². The molecular weight excluding hydrogens is 837 g/mol. The number of amides is 2. The molecule has 3 atom stereocenters. The Morgan fingerprint density at radius 3 is 2.36 bits per heavy atom. The van der Waals surface area contributed by atoms with Crippen molar-refractivity contribution < 1.29 is 40.3 Å². The number of alkyl halides is 6. The molecule has 2 amide bonds. The third-order valence-corrected chi connectivity index (χ3v) is 10.9. The lowest BCUT2D eigenvalue weighted by Crippen LogP contribution is -2.56. The van der Waals surface area contributed by atoms with E-state index in [0.717, 1.165) is 39.3 Å². The molecule has 5 aromatic heterocycles. The average Bonchev–Trinajstić information content (AvgIpc) is 3.49. The molecule has 13 nitrogen and oxygen atoms in total. The molecule has 322 valence electrons. The van der Waals surface area contributed by atoms with Crippen LogP contribution in [0.4, 0.5) is 30.7 Å². The van der Waals surface area contributed by atoms with E-state index in [9.17, 15) is 40.7 Å².